The van der Waals surface area contributed by atoms with Crippen molar-refractivity contribution in [3.05, 3.63) is 34.3 Å². The number of benzene rings is 1. The van der Waals surface area contributed by atoms with E-state index >= 15 is 0 Å². The van der Waals surface area contributed by atoms with Crippen molar-refractivity contribution in [2.75, 3.05) is 21.3 Å². The maximum Gasteiger partial charge on any atom is 0.338 e. The predicted molar refractivity (Wildman–Crippen MR) is 77.0 cm³/mol. The van der Waals surface area contributed by atoms with E-state index in [1.165, 1.54) is 19.3 Å². The van der Waals surface area contributed by atoms with Crippen LogP contribution in [0.15, 0.2) is 28.7 Å². The second kappa shape index (κ2) is 6.55. The number of carbonyl (C=O) groups is 2. The van der Waals surface area contributed by atoms with Gasteiger partial charge in [-0.2, -0.15) is 5.06 Å². The van der Waals surface area contributed by atoms with Gasteiger partial charge in [0.25, 0.3) is 0 Å². The number of esters is 2. The molecular weight excluding hydrogens is 342 g/mol. The lowest BCUT2D eigenvalue weighted by Crippen LogP contribution is -2.35. The summed E-state index contributed by atoms with van der Waals surface area (Å²) in [5.74, 6) is -1.90. The fraction of sp³-hybridized carbons (Fsp3) is 0.429. The number of hydroxylamine groups is 2. The molecular formula is C14H16BrNO5. The molecule has 0 amide bonds. The minimum Gasteiger partial charge on any atom is -0.469 e. The van der Waals surface area contributed by atoms with Crippen LogP contribution in [-0.2, 0) is 23.9 Å². The first-order valence-electron chi connectivity index (χ1n) is 6.30. The van der Waals surface area contributed by atoms with E-state index in [2.05, 4.69) is 15.9 Å². The highest BCUT2D eigenvalue weighted by molar-refractivity contribution is 9.10. The first-order valence-corrected chi connectivity index (χ1v) is 7.09. The molecule has 3 atom stereocenters. The second-order valence-electron chi connectivity index (χ2n) is 4.64. The number of rotatable bonds is 3. The molecule has 7 heteroatoms. The molecule has 114 valence electrons. The maximum absolute atomic E-state index is 12.1. The van der Waals surface area contributed by atoms with Crippen molar-refractivity contribution in [2.24, 2.45) is 5.92 Å². The van der Waals surface area contributed by atoms with Crippen molar-refractivity contribution in [3.63, 3.8) is 0 Å². The summed E-state index contributed by atoms with van der Waals surface area (Å²) in [6.07, 6.45) is -1.01. The van der Waals surface area contributed by atoms with Crippen LogP contribution in [0.1, 0.15) is 11.6 Å². The van der Waals surface area contributed by atoms with Crippen LogP contribution in [0.25, 0.3) is 0 Å². The van der Waals surface area contributed by atoms with Crippen molar-refractivity contribution < 1.29 is 23.9 Å². The van der Waals surface area contributed by atoms with Crippen LogP contribution in [-0.4, -0.2) is 44.4 Å². The minimum absolute atomic E-state index is 0.422. The van der Waals surface area contributed by atoms with Crippen molar-refractivity contribution in [1.29, 1.82) is 0 Å². The van der Waals surface area contributed by atoms with Gasteiger partial charge in [-0.25, -0.2) is 4.79 Å². The Balaban J connectivity index is 2.39. The Labute approximate surface area is 131 Å². The minimum atomic E-state index is -1.01. The van der Waals surface area contributed by atoms with E-state index in [9.17, 15) is 9.59 Å². The number of nitrogens with zero attached hydrogens (tertiary/aromatic N) is 1. The third-order valence-electron chi connectivity index (χ3n) is 3.46. The van der Waals surface area contributed by atoms with Crippen molar-refractivity contribution in [3.8, 4) is 0 Å². The molecule has 1 aromatic carbocycles. The van der Waals surface area contributed by atoms with Gasteiger partial charge in [0.15, 0.2) is 6.10 Å². The average Bonchev–Trinajstić information content (AvgIpc) is 2.84. The maximum atomic E-state index is 12.1. The first-order chi connectivity index (χ1) is 9.99. The summed E-state index contributed by atoms with van der Waals surface area (Å²) in [7, 11) is 4.21. The fourth-order valence-corrected chi connectivity index (χ4v) is 2.74. The van der Waals surface area contributed by atoms with E-state index in [1.54, 1.807) is 7.05 Å². The highest BCUT2D eigenvalue weighted by atomic mass is 79.9. The van der Waals surface area contributed by atoms with E-state index in [0.717, 1.165) is 10.0 Å². The second-order valence-corrected chi connectivity index (χ2v) is 5.56. The summed E-state index contributed by atoms with van der Waals surface area (Å²) in [5.41, 5.74) is 0.850. The zero-order chi connectivity index (χ0) is 15.6. The quantitative estimate of drug-likeness (QED) is 0.767. The molecule has 1 aliphatic heterocycles. The molecule has 2 rings (SSSR count). The standard InChI is InChI=1S/C14H16BrNO5/c1-16-11(8-4-6-9(15)7-5-8)10(13(17)19-2)12(21-16)14(18)20-3/h4-7,10-12H,1-3H3/t10-,11-,12?/m1/s1. The lowest BCUT2D eigenvalue weighted by Gasteiger charge is -2.21. The monoisotopic (exact) mass is 357 g/mol. The van der Waals surface area contributed by atoms with Crippen molar-refractivity contribution in [2.45, 2.75) is 12.1 Å². The fourth-order valence-electron chi connectivity index (χ4n) is 2.47. The van der Waals surface area contributed by atoms with Gasteiger partial charge in [-0.05, 0) is 17.7 Å². The van der Waals surface area contributed by atoms with Gasteiger partial charge in [0, 0.05) is 11.5 Å². The molecule has 21 heavy (non-hydrogen) atoms. The molecule has 1 fully saturated rings. The first kappa shape index (κ1) is 15.9. The van der Waals surface area contributed by atoms with Gasteiger partial charge in [-0.3, -0.25) is 9.63 Å². The number of halogens is 1. The van der Waals surface area contributed by atoms with Crippen LogP contribution in [0.2, 0.25) is 0 Å². The predicted octanol–water partition coefficient (Wildman–Crippen LogP) is 1.70. The highest BCUT2D eigenvalue weighted by Gasteiger charge is 2.51. The van der Waals surface area contributed by atoms with Gasteiger partial charge in [-0.15, -0.1) is 0 Å². The summed E-state index contributed by atoms with van der Waals surface area (Å²) >= 11 is 3.36. The van der Waals surface area contributed by atoms with Crippen LogP contribution in [0, 0.1) is 5.92 Å². The normalized spacial score (nSPS) is 25.6. The topological polar surface area (TPSA) is 65.1 Å². The molecule has 1 aliphatic rings. The number of ether oxygens (including phenoxy) is 2. The molecule has 0 saturated carbocycles. The Hall–Kier alpha value is -1.44. The van der Waals surface area contributed by atoms with Crippen molar-refractivity contribution in [1.82, 2.24) is 5.06 Å². The smallest absolute Gasteiger partial charge is 0.338 e. The van der Waals surface area contributed by atoms with Gasteiger partial charge in [0.05, 0.1) is 20.3 Å². The van der Waals surface area contributed by atoms with Gasteiger partial charge in [0.2, 0.25) is 0 Å². The lowest BCUT2D eigenvalue weighted by atomic mass is 9.89. The number of hydrogen-bond acceptors (Lipinski definition) is 6. The van der Waals surface area contributed by atoms with Crippen LogP contribution in [0.3, 0.4) is 0 Å². The third kappa shape index (κ3) is 3.09. The van der Waals surface area contributed by atoms with E-state index in [-0.39, 0.29) is 0 Å². The Morgan fingerprint density at radius 3 is 2.24 bits per heavy atom. The zero-order valence-electron chi connectivity index (χ0n) is 11.9. The number of carbonyl (C=O) groups excluding carboxylic acids is 2. The highest BCUT2D eigenvalue weighted by Crippen LogP contribution is 2.39. The van der Waals surface area contributed by atoms with Crippen LogP contribution < -0.4 is 0 Å². The molecule has 6 nitrogen and oxygen atoms in total. The van der Waals surface area contributed by atoms with Gasteiger partial charge in [-0.1, -0.05) is 28.1 Å². The number of methoxy groups -OCH3 is 2. The molecule has 1 heterocycles. The molecule has 1 unspecified atom stereocenters. The molecule has 0 radical (unpaired) electrons. The Kier molecular flexibility index (Phi) is 4.97. The van der Waals surface area contributed by atoms with E-state index < -0.39 is 30.0 Å². The molecule has 0 aromatic heterocycles. The summed E-state index contributed by atoms with van der Waals surface area (Å²) in [4.78, 5) is 29.4. The Bertz CT molecular complexity index is 533. The molecule has 0 N–H and O–H groups in total. The third-order valence-corrected chi connectivity index (χ3v) is 3.98. The lowest BCUT2D eigenvalue weighted by molar-refractivity contribution is -0.182. The summed E-state index contributed by atoms with van der Waals surface area (Å²) in [6, 6.07) is 7.04. The molecule has 1 aromatic rings. The Morgan fingerprint density at radius 1 is 1.14 bits per heavy atom. The SMILES string of the molecule is COC(=O)C1ON(C)[C@H](c2ccc(Br)cc2)[C@H]1C(=O)OC. The molecule has 0 spiro atoms. The number of hydrogen-bond donors (Lipinski definition) is 0. The molecule has 0 aliphatic carbocycles. The van der Waals surface area contributed by atoms with Crippen LogP contribution >= 0.6 is 15.9 Å². The zero-order valence-corrected chi connectivity index (χ0v) is 13.5. The summed E-state index contributed by atoms with van der Waals surface area (Å²) in [5, 5.41) is 1.49. The van der Waals surface area contributed by atoms with Gasteiger partial charge in [0.1, 0.15) is 5.92 Å². The van der Waals surface area contributed by atoms with Crippen LogP contribution in [0.5, 0.6) is 0 Å². The average molecular weight is 358 g/mol. The van der Waals surface area contributed by atoms with E-state index in [4.69, 9.17) is 14.3 Å². The van der Waals surface area contributed by atoms with Crippen LogP contribution in [0.4, 0.5) is 0 Å². The largest absolute Gasteiger partial charge is 0.469 e. The summed E-state index contributed by atoms with van der Waals surface area (Å²) < 4.78 is 10.4. The summed E-state index contributed by atoms with van der Waals surface area (Å²) in [6.45, 7) is 0. The molecule has 1 saturated heterocycles. The van der Waals surface area contributed by atoms with Gasteiger partial charge >= 0.3 is 11.9 Å². The van der Waals surface area contributed by atoms with Gasteiger partial charge < -0.3 is 9.47 Å². The van der Waals surface area contributed by atoms with Crippen molar-refractivity contribution >= 4 is 27.9 Å². The van der Waals surface area contributed by atoms with E-state index in [1.807, 2.05) is 24.3 Å². The van der Waals surface area contributed by atoms with E-state index in [0.29, 0.717) is 0 Å². The Morgan fingerprint density at radius 2 is 1.71 bits per heavy atom. The molecule has 0 bridgehead atoms.